The average molecular weight is 555 g/mol. The van der Waals surface area contributed by atoms with Crippen LogP contribution < -0.4 is 9.47 Å². The summed E-state index contributed by atoms with van der Waals surface area (Å²) in [7, 11) is 1.41. The summed E-state index contributed by atoms with van der Waals surface area (Å²) >= 11 is 12.4. The Balaban J connectivity index is 1.58. The van der Waals surface area contributed by atoms with E-state index in [9.17, 15) is 14.0 Å². The third kappa shape index (κ3) is 4.47. The van der Waals surface area contributed by atoms with Gasteiger partial charge in [0.2, 0.25) is 11.8 Å². The minimum Gasteiger partial charge on any atom is -0.493 e. The van der Waals surface area contributed by atoms with Gasteiger partial charge >= 0.3 is 0 Å². The Hall–Kier alpha value is -3.40. The Morgan fingerprint density at radius 3 is 2.65 bits per heavy atom. The molecule has 2 atom stereocenters. The molecule has 0 N–H and O–H groups in total. The van der Waals surface area contributed by atoms with Gasteiger partial charge < -0.3 is 9.47 Å². The number of carbonyl (C=O) groups excluding carboxylic acids is 2. The van der Waals surface area contributed by atoms with Crippen molar-refractivity contribution in [3.05, 3.63) is 105 Å². The maximum atomic E-state index is 13.7. The van der Waals surface area contributed by atoms with Crippen LogP contribution in [-0.2, 0) is 15.1 Å². The molecule has 2 aromatic carbocycles. The predicted molar refractivity (Wildman–Crippen MR) is 142 cm³/mol. The monoisotopic (exact) mass is 554 g/mol. The van der Waals surface area contributed by atoms with Crippen molar-refractivity contribution in [2.45, 2.75) is 17.9 Å². The van der Waals surface area contributed by atoms with Crippen molar-refractivity contribution in [1.29, 1.82) is 0 Å². The molecule has 6 nitrogen and oxygen atoms in total. The topological polar surface area (TPSA) is 68.7 Å². The molecule has 0 aliphatic carbocycles. The molecule has 1 saturated heterocycles. The molecule has 188 valence electrons. The number of thiol groups is 1. The normalized spacial score (nSPS) is 19.7. The first-order chi connectivity index (χ1) is 17.8. The first-order valence-corrected chi connectivity index (χ1v) is 12.9. The van der Waals surface area contributed by atoms with Crippen molar-refractivity contribution < 1.29 is 23.5 Å². The lowest BCUT2D eigenvalue weighted by Crippen LogP contribution is -2.54. The zero-order chi connectivity index (χ0) is 26.2. The van der Waals surface area contributed by atoms with E-state index in [0.717, 1.165) is 0 Å². The molecule has 1 fully saturated rings. The SMILES string of the molecule is COc1cc(F)ccc1Oc1cccc(C2(c3ccsc3)CC(=O)C(c3ccccc3Cl)C(=O)N2S)n1. The molecule has 1 amide bonds. The maximum absolute atomic E-state index is 13.7. The molecule has 2 aromatic heterocycles. The van der Waals surface area contributed by atoms with Crippen LogP contribution in [-0.4, -0.2) is 28.1 Å². The fourth-order valence-electron chi connectivity index (χ4n) is 4.50. The number of halogens is 2. The van der Waals surface area contributed by atoms with Crippen molar-refractivity contribution in [2.75, 3.05) is 7.11 Å². The largest absolute Gasteiger partial charge is 0.493 e. The predicted octanol–water partition coefficient (Wildman–Crippen LogP) is 6.41. The number of ketones is 1. The fraction of sp³-hybridized carbons (Fsp3) is 0.148. The van der Waals surface area contributed by atoms with E-state index in [4.69, 9.17) is 21.1 Å². The van der Waals surface area contributed by atoms with E-state index < -0.39 is 23.2 Å². The van der Waals surface area contributed by atoms with Crippen LogP contribution in [0.4, 0.5) is 4.39 Å². The number of aromatic nitrogens is 1. The number of pyridine rings is 1. The Kier molecular flexibility index (Phi) is 6.94. The lowest BCUT2D eigenvalue weighted by atomic mass is 9.75. The van der Waals surface area contributed by atoms with E-state index >= 15 is 0 Å². The zero-order valence-corrected chi connectivity index (χ0v) is 21.9. The number of ether oxygens (including phenoxy) is 2. The Labute approximate surface area is 227 Å². The molecule has 10 heteroatoms. The van der Waals surface area contributed by atoms with Crippen LogP contribution in [0.2, 0.25) is 5.02 Å². The van der Waals surface area contributed by atoms with E-state index in [2.05, 4.69) is 17.8 Å². The highest BCUT2D eigenvalue weighted by molar-refractivity contribution is 7.78. The summed E-state index contributed by atoms with van der Waals surface area (Å²) < 4.78 is 26.1. The van der Waals surface area contributed by atoms with Gasteiger partial charge in [-0.15, -0.1) is 0 Å². The van der Waals surface area contributed by atoms with Crippen molar-refractivity contribution >= 4 is 47.4 Å². The highest BCUT2D eigenvalue weighted by atomic mass is 35.5. The number of hydrogen-bond donors (Lipinski definition) is 1. The molecule has 1 aliphatic heterocycles. The number of hydrogen-bond acceptors (Lipinski definition) is 7. The molecule has 0 saturated carbocycles. The van der Waals surface area contributed by atoms with Crippen LogP contribution in [0.5, 0.6) is 17.4 Å². The van der Waals surface area contributed by atoms with Crippen molar-refractivity contribution in [3.63, 3.8) is 0 Å². The minimum absolute atomic E-state index is 0.0782. The second-order valence-corrected chi connectivity index (χ2v) is 9.97. The molecule has 4 aromatic rings. The van der Waals surface area contributed by atoms with E-state index in [1.807, 2.05) is 16.8 Å². The molecule has 2 unspecified atom stereocenters. The number of nitrogens with zero attached hydrogens (tertiary/aromatic N) is 2. The molecule has 37 heavy (non-hydrogen) atoms. The number of amides is 1. The summed E-state index contributed by atoms with van der Waals surface area (Å²) in [5.74, 6) is -1.74. The Bertz CT molecular complexity index is 1480. The minimum atomic E-state index is -1.29. The Morgan fingerprint density at radius 2 is 1.92 bits per heavy atom. The van der Waals surface area contributed by atoms with Crippen LogP contribution in [0, 0.1) is 5.82 Å². The third-order valence-corrected chi connectivity index (χ3v) is 7.84. The molecule has 1 aliphatic rings. The van der Waals surface area contributed by atoms with Gasteiger partial charge in [0.05, 0.1) is 12.8 Å². The molecule has 5 rings (SSSR count). The number of Topliss-reactive ketones (excluding diaryl/α,β-unsaturated/α-hetero) is 1. The van der Waals surface area contributed by atoms with Crippen LogP contribution in [0.3, 0.4) is 0 Å². The van der Waals surface area contributed by atoms with Gasteiger partial charge in [-0.3, -0.25) is 13.9 Å². The number of piperidine rings is 1. The van der Waals surface area contributed by atoms with Gasteiger partial charge in [-0.2, -0.15) is 11.3 Å². The van der Waals surface area contributed by atoms with Gasteiger partial charge in [0.1, 0.15) is 17.3 Å². The smallest absolute Gasteiger partial charge is 0.248 e. The van der Waals surface area contributed by atoms with Crippen LogP contribution in [0.25, 0.3) is 0 Å². The summed E-state index contributed by atoms with van der Waals surface area (Å²) in [5.41, 5.74) is 0.224. The lowest BCUT2D eigenvalue weighted by molar-refractivity contribution is -0.142. The molecule has 0 bridgehead atoms. The number of methoxy groups -OCH3 is 1. The fourth-order valence-corrected chi connectivity index (χ4v) is 5.88. The second-order valence-electron chi connectivity index (χ2n) is 8.38. The van der Waals surface area contributed by atoms with Crippen molar-refractivity contribution in [1.82, 2.24) is 9.29 Å². The molecular weight excluding hydrogens is 535 g/mol. The highest BCUT2D eigenvalue weighted by Crippen LogP contribution is 2.48. The van der Waals surface area contributed by atoms with Crippen LogP contribution in [0.15, 0.2) is 77.5 Å². The van der Waals surface area contributed by atoms with Gasteiger partial charge in [-0.1, -0.05) is 48.7 Å². The first-order valence-electron chi connectivity index (χ1n) is 11.2. The van der Waals surface area contributed by atoms with Gasteiger partial charge in [0.25, 0.3) is 0 Å². The molecule has 3 heterocycles. The molecule has 0 radical (unpaired) electrons. The summed E-state index contributed by atoms with van der Waals surface area (Å²) in [5, 5.41) is 4.05. The first kappa shape index (κ1) is 25.3. The van der Waals surface area contributed by atoms with E-state index in [0.29, 0.717) is 21.8 Å². The number of rotatable bonds is 6. The molecular formula is C27H20ClFN2O4S2. The van der Waals surface area contributed by atoms with Crippen LogP contribution in [0.1, 0.15) is 29.2 Å². The van der Waals surface area contributed by atoms with Crippen LogP contribution >= 0.6 is 35.8 Å². The van der Waals surface area contributed by atoms with E-state index in [1.165, 1.54) is 41.0 Å². The van der Waals surface area contributed by atoms with Gasteiger partial charge in [0.15, 0.2) is 17.3 Å². The van der Waals surface area contributed by atoms with E-state index in [1.54, 1.807) is 42.5 Å². The summed E-state index contributed by atoms with van der Waals surface area (Å²) in [6, 6.07) is 17.6. The summed E-state index contributed by atoms with van der Waals surface area (Å²) in [4.78, 5) is 32.0. The average Bonchev–Trinajstić information content (AvgIpc) is 3.44. The molecule has 0 spiro atoms. The zero-order valence-electron chi connectivity index (χ0n) is 19.4. The van der Waals surface area contributed by atoms with Crippen molar-refractivity contribution in [3.8, 4) is 17.4 Å². The standard InChI is InChI=1S/C27H20ClFN2O4S2/c1-34-22-13-17(29)9-10-21(22)35-24-8-4-7-23(30-24)27(16-11-12-37-15-16)14-20(32)25(26(33)31(27)36)18-5-2-3-6-19(18)28/h2-13,15,25,36H,14H2,1H3. The summed E-state index contributed by atoms with van der Waals surface area (Å²) in [6.45, 7) is 0. The number of carbonyl (C=O) groups is 2. The lowest BCUT2D eigenvalue weighted by Gasteiger charge is -2.45. The summed E-state index contributed by atoms with van der Waals surface area (Å²) in [6.07, 6.45) is -0.0782. The third-order valence-electron chi connectivity index (χ3n) is 6.27. The Morgan fingerprint density at radius 1 is 1.11 bits per heavy atom. The maximum Gasteiger partial charge on any atom is 0.248 e. The number of benzene rings is 2. The highest BCUT2D eigenvalue weighted by Gasteiger charge is 2.53. The van der Waals surface area contributed by atoms with Crippen molar-refractivity contribution in [2.24, 2.45) is 0 Å². The quantitative estimate of drug-likeness (QED) is 0.220. The number of thiophene rings is 1. The second kappa shape index (κ2) is 10.2. The van der Waals surface area contributed by atoms with Gasteiger partial charge in [-0.05, 0) is 52.2 Å². The van der Waals surface area contributed by atoms with Gasteiger partial charge in [-0.25, -0.2) is 9.37 Å². The van der Waals surface area contributed by atoms with E-state index in [-0.39, 0.29) is 29.6 Å². The van der Waals surface area contributed by atoms with Gasteiger partial charge in [0, 0.05) is 23.6 Å².